The Hall–Kier alpha value is -2.62. The van der Waals surface area contributed by atoms with Crippen molar-refractivity contribution in [3.63, 3.8) is 0 Å². The molecule has 0 radical (unpaired) electrons. The molecule has 0 fully saturated rings. The van der Waals surface area contributed by atoms with Crippen molar-refractivity contribution in [3.8, 4) is 0 Å². The van der Waals surface area contributed by atoms with E-state index >= 15 is 0 Å². The van der Waals surface area contributed by atoms with Crippen LogP contribution in [0, 0.1) is 0 Å². The van der Waals surface area contributed by atoms with E-state index in [1.165, 1.54) is 23.1 Å². The summed E-state index contributed by atoms with van der Waals surface area (Å²) in [4.78, 5) is 40.3. The summed E-state index contributed by atoms with van der Waals surface area (Å²) in [6, 6.07) is 9.50. The highest BCUT2D eigenvalue weighted by Crippen LogP contribution is 2.31. The lowest BCUT2D eigenvalue weighted by Crippen LogP contribution is -2.53. The zero-order valence-corrected chi connectivity index (χ0v) is 21.2. The van der Waals surface area contributed by atoms with Gasteiger partial charge in [0.15, 0.2) is 0 Å². The average Bonchev–Trinajstić information content (AvgIpc) is 2.96. The Kier molecular flexibility index (Phi) is 7.90. The van der Waals surface area contributed by atoms with E-state index in [1.54, 1.807) is 45.0 Å². The van der Waals surface area contributed by atoms with Crippen LogP contribution in [0.4, 0.5) is 0 Å². The molecule has 2 aromatic carbocycles. The predicted molar refractivity (Wildman–Crippen MR) is 129 cm³/mol. The van der Waals surface area contributed by atoms with Crippen molar-refractivity contribution < 1.29 is 22.8 Å². The number of nitrogens with one attached hydrogen (secondary N) is 1. The molecule has 1 aliphatic rings. The van der Waals surface area contributed by atoms with Gasteiger partial charge in [-0.05, 0) is 44.5 Å². The monoisotopic (exact) mass is 525 g/mol. The number of carbonyl (C=O) groups is 3. The third-order valence-corrected chi connectivity index (χ3v) is 7.89. The molecule has 0 saturated carbocycles. The molecule has 34 heavy (non-hydrogen) atoms. The highest BCUT2D eigenvalue weighted by Gasteiger charge is 2.43. The molecular weight excluding hydrogens is 501 g/mol. The van der Waals surface area contributed by atoms with Crippen molar-refractivity contribution in [1.29, 1.82) is 0 Å². The fourth-order valence-electron chi connectivity index (χ4n) is 3.75. The minimum atomic E-state index is -4.20. The predicted octanol–water partition coefficient (Wildman–Crippen LogP) is 3.47. The Balaban J connectivity index is 1.98. The molecule has 8 nitrogen and oxygen atoms in total. The Labute approximate surface area is 208 Å². The SMILES string of the molecule is CCC(C(=O)NC(C)C)N(Cc1c(Cl)cccc1Cl)C(=O)CN1C(=O)c2ccccc2S1(=O)=O. The van der Waals surface area contributed by atoms with Crippen molar-refractivity contribution in [2.24, 2.45) is 0 Å². The van der Waals surface area contributed by atoms with Crippen molar-refractivity contribution >= 4 is 50.9 Å². The molecule has 0 aromatic heterocycles. The Morgan fingerprint density at radius 3 is 2.24 bits per heavy atom. The van der Waals surface area contributed by atoms with Crippen molar-refractivity contribution in [2.75, 3.05) is 6.54 Å². The van der Waals surface area contributed by atoms with Gasteiger partial charge in [-0.15, -0.1) is 0 Å². The summed E-state index contributed by atoms with van der Waals surface area (Å²) >= 11 is 12.6. The molecule has 1 atom stereocenters. The van der Waals surface area contributed by atoms with E-state index in [0.717, 1.165) is 0 Å². The maximum Gasteiger partial charge on any atom is 0.269 e. The van der Waals surface area contributed by atoms with Gasteiger partial charge in [0.2, 0.25) is 11.8 Å². The largest absolute Gasteiger partial charge is 0.352 e. The minimum Gasteiger partial charge on any atom is -0.352 e. The van der Waals surface area contributed by atoms with Gasteiger partial charge in [-0.1, -0.05) is 48.3 Å². The molecule has 3 amide bonds. The van der Waals surface area contributed by atoms with Crippen LogP contribution in [-0.2, 0) is 26.2 Å². The summed E-state index contributed by atoms with van der Waals surface area (Å²) in [5.74, 6) is -1.93. The van der Waals surface area contributed by atoms with Gasteiger partial charge in [0.1, 0.15) is 17.5 Å². The summed E-state index contributed by atoms with van der Waals surface area (Å²) < 4.78 is 26.4. The molecule has 182 valence electrons. The highest BCUT2D eigenvalue weighted by atomic mass is 35.5. The molecule has 2 aromatic rings. The smallest absolute Gasteiger partial charge is 0.269 e. The van der Waals surface area contributed by atoms with Crippen molar-refractivity contribution in [2.45, 2.75) is 50.7 Å². The van der Waals surface area contributed by atoms with Gasteiger partial charge < -0.3 is 10.2 Å². The molecule has 1 heterocycles. The van der Waals surface area contributed by atoms with E-state index in [0.29, 0.717) is 19.9 Å². The quantitative estimate of drug-likeness (QED) is 0.568. The number of fused-ring (bicyclic) bond motifs is 1. The topological polar surface area (TPSA) is 104 Å². The fraction of sp³-hybridized carbons (Fsp3) is 0.348. The molecule has 3 rings (SSSR count). The number of rotatable bonds is 8. The number of benzene rings is 2. The molecule has 0 aliphatic carbocycles. The van der Waals surface area contributed by atoms with Crippen molar-refractivity contribution in [1.82, 2.24) is 14.5 Å². The second-order valence-electron chi connectivity index (χ2n) is 8.12. The number of hydrogen-bond donors (Lipinski definition) is 1. The van der Waals surface area contributed by atoms with Crippen LogP contribution >= 0.6 is 23.2 Å². The van der Waals surface area contributed by atoms with E-state index in [2.05, 4.69) is 5.32 Å². The number of halogens is 2. The lowest BCUT2D eigenvalue weighted by molar-refractivity contribution is -0.141. The van der Waals surface area contributed by atoms with Crippen LogP contribution in [0.25, 0.3) is 0 Å². The number of amides is 3. The van der Waals surface area contributed by atoms with E-state index < -0.39 is 40.3 Å². The van der Waals surface area contributed by atoms with Gasteiger partial charge in [0.25, 0.3) is 15.9 Å². The Morgan fingerprint density at radius 2 is 1.68 bits per heavy atom. The first-order valence-corrected chi connectivity index (χ1v) is 12.9. The number of sulfonamides is 1. The van der Waals surface area contributed by atoms with Gasteiger partial charge in [-0.25, -0.2) is 12.7 Å². The maximum absolute atomic E-state index is 13.5. The summed E-state index contributed by atoms with van der Waals surface area (Å²) in [6.07, 6.45) is 0.243. The minimum absolute atomic E-state index is 0.000547. The summed E-state index contributed by atoms with van der Waals surface area (Å²) in [5, 5.41) is 3.37. The van der Waals surface area contributed by atoms with E-state index in [1.807, 2.05) is 0 Å². The molecule has 0 saturated heterocycles. The first kappa shape index (κ1) is 26.0. The van der Waals surface area contributed by atoms with Gasteiger partial charge in [-0.2, -0.15) is 0 Å². The number of carbonyl (C=O) groups excluding carboxylic acids is 3. The second kappa shape index (κ2) is 10.3. The Morgan fingerprint density at radius 1 is 1.06 bits per heavy atom. The third kappa shape index (κ3) is 5.06. The maximum atomic E-state index is 13.5. The van der Waals surface area contributed by atoms with Gasteiger partial charge in [-0.3, -0.25) is 14.4 Å². The zero-order chi connectivity index (χ0) is 25.2. The van der Waals surface area contributed by atoms with Crippen molar-refractivity contribution in [3.05, 3.63) is 63.6 Å². The molecule has 1 aliphatic heterocycles. The first-order valence-electron chi connectivity index (χ1n) is 10.7. The van der Waals surface area contributed by atoms with E-state index in [4.69, 9.17) is 23.2 Å². The second-order valence-corrected chi connectivity index (χ2v) is 10.8. The van der Waals surface area contributed by atoms with E-state index in [9.17, 15) is 22.8 Å². The fourth-order valence-corrected chi connectivity index (χ4v) is 5.79. The van der Waals surface area contributed by atoms with Gasteiger partial charge in [0, 0.05) is 28.2 Å². The molecule has 1 N–H and O–H groups in total. The third-order valence-electron chi connectivity index (χ3n) is 5.40. The Bertz CT molecular complexity index is 1210. The van der Waals surface area contributed by atoms with Crippen LogP contribution in [-0.4, -0.2) is 54.0 Å². The van der Waals surface area contributed by atoms with Crippen LogP contribution in [0.15, 0.2) is 47.4 Å². The summed E-state index contributed by atoms with van der Waals surface area (Å²) in [7, 11) is -4.20. The lowest BCUT2D eigenvalue weighted by atomic mass is 10.1. The first-order chi connectivity index (χ1) is 16.0. The normalized spacial score (nSPS) is 15.2. The van der Waals surface area contributed by atoms with Gasteiger partial charge >= 0.3 is 0 Å². The molecule has 1 unspecified atom stereocenters. The van der Waals surface area contributed by atoms with Crippen LogP contribution < -0.4 is 5.32 Å². The van der Waals surface area contributed by atoms with Crippen LogP contribution in [0.1, 0.15) is 43.1 Å². The average molecular weight is 526 g/mol. The number of nitrogens with zero attached hydrogens (tertiary/aromatic N) is 2. The van der Waals surface area contributed by atoms with Gasteiger partial charge in [0.05, 0.1) is 5.56 Å². The van der Waals surface area contributed by atoms with E-state index in [-0.39, 0.29) is 29.5 Å². The molecule has 11 heteroatoms. The number of hydrogen-bond acceptors (Lipinski definition) is 5. The molecule has 0 bridgehead atoms. The zero-order valence-electron chi connectivity index (χ0n) is 18.9. The summed E-state index contributed by atoms with van der Waals surface area (Å²) in [5.41, 5.74) is 0.412. The molecular formula is C23H25Cl2N3O5S. The lowest BCUT2D eigenvalue weighted by Gasteiger charge is -2.32. The highest BCUT2D eigenvalue weighted by molar-refractivity contribution is 7.90. The van der Waals surface area contributed by atoms with Crippen LogP contribution in [0.5, 0.6) is 0 Å². The molecule has 0 spiro atoms. The summed E-state index contributed by atoms with van der Waals surface area (Å²) in [6.45, 7) is 4.40. The van der Waals surface area contributed by atoms with Crippen LogP contribution in [0.2, 0.25) is 10.0 Å². The standard InChI is InChI=1S/C23H25Cl2N3O5S/c1-4-19(22(30)26-14(2)3)27(12-16-17(24)9-7-10-18(16)25)21(29)13-28-23(31)15-8-5-6-11-20(15)34(28,32)33/h5-11,14,19H,4,12-13H2,1-3H3,(H,26,30). The van der Waals surface area contributed by atoms with Crippen LogP contribution in [0.3, 0.4) is 0 Å².